The van der Waals surface area contributed by atoms with Gasteiger partial charge in [0.1, 0.15) is 5.75 Å². The van der Waals surface area contributed by atoms with Crippen LogP contribution in [-0.2, 0) is 4.79 Å². The summed E-state index contributed by atoms with van der Waals surface area (Å²) < 4.78 is 5.81. The molecule has 1 heterocycles. The number of carbonyl (C=O) groups excluding carboxylic acids is 1. The van der Waals surface area contributed by atoms with Gasteiger partial charge < -0.3 is 15.4 Å². The first-order valence-electron chi connectivity index (χ1n) is 8.04. The highest BCUT2D eigenvalue weighted by molar-refractivity contribution is 5.83. The Balaban J connectivity index is 1.56. The molecule has 3 rings (SSSR count). The van der Waals surface area contributed by atoms with Crippen LogP contribution in [0.4, 0.5) is 5.69 Å². The number of carbonyl (C=O) groups is 1. The summed E-state index contributed by atoms with van der Waals surface area (Å²) in [4.78, 5) is 12.4. The monoisotopic (exact) mass is 288 g/mol. The van der Waals surface area contributed by atoms with Crippen LogP contribution in [-0.4, -0.2) is 24.6 Å². The summed E-state index contributed by atoms with van der Waals surface area (Å²) in [5, 5.41) is 6.41. The van der Waals surface area contributed by atoms with Crippen molar-refractivity contribution in [3.05, 3.63) is 24.3 Å². The van der Waals surface area contributed by atoms with Crippen LogP contribution in [0.15, 0.2) is 24.3 Å². The van der Waals surface area contributed by atoms with Crippen LogP contribution in [0.1, 0.15) is 39.0 Å². The maximum Gasteiger partial charge on any atom is 0.263 e. The first-order valence-corrected chi connectivity index (χ1v) is 8.04. The lowest BCUT2D eigenvalue weighted by molar-refractivity contribution is -0.128. The minimum atomic E-state index is -0.439. The molecule has 1 fully saturated rings. The van der Waals surface area contributed by atoms with Crippen molar-refractivity contribution >= 4 is 11.6 Å². The van der Waals surface area contributed by atoms with E-state index in [9.17, 15) is 4.79 Å². The number of amides is 1. The molecule has 114 valence electrons. The average molecular weight is 288 g/mol. The van der Waals surface area contributed by atoms with E-state index in [0.29, 0.717) is 12.5 Å². The fourth-order valence-corrected chi connectivity index (χ4v) is 3.33. The van der Waals surface area contributed by atoms with Crippen molar-refractivity contribution < 1.29 is 9.53 Å². The Labute approximate surface area is 126 Å². The van der Waals surface area contributed by atoms with E-state index in [1.165, 1.54) is 32.1 Å². The fourth-order valence-electron chi connectivity index (χ4n) is 3.33. The Kier molecular flexibility index (Phi) is 4.32. The Bertz CT molecular complexity index is 497. The highest BCUT2D eigenvalue weighted by Crippen LogP contribution is 2.29. The summed E-state index contributed by atoms with van der Waals surface area (Å²) in [7, 11) is 0. The average Bonchev–Trinajstić information content (AvgIpc) is 2.55. The summed E-state index contributed by atoms with van der Waals surface area (Å²) in [6.07, 6.45) is 5.94. The first kappa shape index (κ1) is 14.2. The van der Waals surface area contributed by atoms with E-state index in [1.807, 2.05) is 24.3 Å². The third-order valence-electron chi connectivity index (χ3n) is 4.65. The number of anilines is 1. The second-order valence-corrected chi connectivity index (χ2v) is 6.18. The molecule has 1 saturated carbocycles. The number of rotatable bonds is 3. The van der Waals surface area contributed by atoms with Crippen LogP contribution in [0.25, 0.3) is 0 Å². The Morgan fingerprint density at radius 3 is 2.86 bits per heavy atom. The van der Waals surface area contributed by atoms with Crippen LogP contribution < -0.4 is 15.4 Å². The smallest absolute Gasteiger partial charge is 0.263 e. The van der Waals surface area contributed by atoms with Gasteiger partial charge in [-0.2, -0.15) is 0 Å². The lowest BCUT2D eigenvalue weighted by Crippen LogP contribution is -2.49. The summed E-state index contributed by atoms with van der Waals surface area (Å²) in [5.74, 6) is 1.37. The molecular weight excluding hydrogens is 264 g/mol. The van der Waals surface area contributed by atoms with E-state index >= 15 is 0 Å². The van der Waals surface area contributed by atoms with Gasteiger partial charge in [0.05, 0.1) is 12.2 Å². The van der Waals surface area contributed by atoms with Gasteiger partial charge in [-0.3, -0.25) is 4.79 Å². The van der Waals surface area contributed by atoms with Crippen LogP contribution in [0.5, 0.6) is 5.75 Å². The molecule has 4 nitrogen and oxygen atoms in total. The molecule has 2 aliphatic rings. The summed E-state index contributed by atoms with van der Waals surface area (Å²) in [6, 6.07) is 7.98. The molecule has 0 spiro atoms. The predicted octanol–water partition coefficient (Wildman–Crippen LogP) is 2.94. The molecule has 1 aliphatic carbocycles. The van der Waals surface area contributed by atoms with Gasteiger partial charge in [-0.25, -0.2) is 0 Å². The van der Waals surface area contributed by atoms with Crippen LogP contribution >= 0.6 is 0 Å². The number of hydrogen-bond donors (Lipinski definition) is 2. The van der Waals surface area contributed by atoms with Gasteiger partial charge in [0.2, 0.25) is 0 Å². The zero-order valence-electron chi connectivity index (χ0n) is 12.6. The quantitative estimate of drug-likeness (QED) is 0.899. The van der Waals surface area contributed by atoms with Crippen molar-refractivity contribution in [2.75, 3.05) is 11.9 Å². The van der Waals surface area contributed by atoms with E-state index in [4.69, 9.17) is 4.74 Å². The molecule has 0 saturated heterocycles. The minimum absolute atomic E-state index is 0.00456. The molecule has 1 aromatic carbocycles. The Morgan fingerprint density at radius 2 is 2.05 bits per heavy atom. The molecular formula is C17H24N2O2. The van der Waals surface area contributed by atoms with E-state index in [0.717, 1.165) is 11.4 Å². The highest BCUT2D eigenvalue weighted by Gasteiger charge is 2.28. The molecule has 1 aromatic rings. The number of para-hydroxylation sites is 2. The number of nitrogens with one attached hydrogen (secondary N) is 2. The molecule has 4 heteroatoms. The van der Waals surface area contributed by atoms with Crippen LogP contribution in [0.3, 0.4) is 0 Å². The van der Waals surface area contributed by atoms with Crippen molar-refractivity contribution in [2.45, 2.75) is 51.2 Å². The van der Waals surface area contributed by atoms with E-state index in [2.05, 4.69) is 17.6 Å². The lowest BCUT2D eigenvalue weighted by atomic mass is 9.84. The van der Waals surface area contributed by atoms with E-state index in [-0.39, 0.29) is 11.9 Å². The topological polar surface area (TPSA) is 50.4 Å². The van der Waals surface area contributed by atoms with Crippen LogP contribution in [0.2, 0.25) is 0 Å². The Morgan fingerprint density at radius 1 is 1.29 bits per heavy atom. The van der Waals surface area contributed by atoms with Gasteiger partial charge in [-0.15, -0.1) is 0 Å². The van der Waals surface area contributed by atoms with E-state index in [1.54, 1.807) is 0 Å². The molecule has 0 bridgehead atoms. The van der Waals surface area contributed by atoms with Gasteiger partial charge in [-0.1, -0.05) is 31.4 Å². The lowest BCUT2D eigenvalue weighted by Gasteiger charge is -2.31. The van der Waals surface area contributed by atoms with Crippen molar-refractivity contribution in [3.8, 4) is 5.75 Å². The van der Waals surface area contributed by atoms with Gasteiger partial charge in [-0.05, 0) is 37.8 Å². The molecule has 21 heavy (non-hydrogen) atoms. The van der Waals surface area contributed by atoms with Crippen molar-refractivity contribution in [2.24, 2.45) is 5.92 Å². The third-order valence-corrected chi connectivity index (χ3v) is 4.65. The van der Waals surface area contributed by atoms with Gasteiger partial charge in [0.15, 0.2) is 6.10 Å². The molecule has 0 aromatic heterocycles. The standard InChI is InChI=1S/C17H24N2O2/c1-12(13-7-3-2-4-8-13)19-17(20)16-11-18-14-9-5-6-10-15(14)21-16/h5-6,9-10,12-13,16,18H,2-4,7-8,11H2,1H3,(H,19,20). The number of fused-ring (bicyclic) bond motifs is 1. The normalized spacial score (nSPS) is 23.4. The molecule has 0 radical (unpaired) electrons. The first-order chi connectivity index (χ1) is 10.2. The van der Waals surface area contributed by atoms with Crippen molar-refractivity contribution in [3.63, 3.8) is 0 Å². The van der Waals surface area contributed by atoms with Gasteiger partial charge in [0, 0.05) is 6.04 Å². The summed E-state index contributed by atoms with van der Waals surface area (Å²) in [5.41, 5.74) is 0.960. The van der Waals surface area contributed by atoms with Crippen molar-refractivity contribution in [1.82, 2.24) is 5.32 Å². The Hall–Kier alpha value is -1.71. The second-order valence-electron chi connectivity index (χ2n) is 6.18. The maximum atomic E-state index is 12.4. The maximum absolute atomic E-state index is 12.4. The minimum Gasteiger partial charge on any atom is -0.477 e. The molecule has 1 amide bonds. The molecule has 2 atom stereocenters. The molecule has 2 unspecified atom stereocenters. The van der Waals surface area contributed by atoms with Crippen molar-refractivity contribution in [1.29, 1.82) is 0 Å². The summed E-state index contributed by atoms with van der Waals surface area (Å²) in [6.45, 7) is 2.65. The zero-order valence-corrected chi connectivity index (χ0v) is 12.6. The van der Waals surface area contributed by atoms with Gasteiger partial charge >= 0.3 is 0 Å². The summed E-state index contributed by atoms with van der Waals surface area (Å²) >= 11 is 0. The van der Waals surface area contributed by atoms with E-state index < -0.39 is 6.10 Å². The molecule has 2 N–H and O–H groups in total. The predicted molar refractivity (Wildman–Crippen MR) is 83.5 cm³/mol. The highest BCUT2D eigenvalue weighted by atomic mass is 16.5. The zero-order chi connectivity index (χ0) is 14.7. The third kappa shape index (κ3) is 3.31. The largest absolute Gasteiger partial charge is 0.477 e. The molecule has 1 aliphatic heterocycles. The second kappa shape index (κ2) is 6.37. The number of hydrogen-bond acceptors (Lipinski definition) is 3. The number of benzene rings is 1. The van der Waals surface area contributed by atoms with Crippen LogP contribution in [0, 0.1) is 5.92 Å². The fraction of sp³-hybridized carbons (Fsp3) is 0.588. The number of ether oxygens (including phenoxy) is 1. The SMILES string of the molecule is CC(NC(=O)C1CNc2ccccc2O1)C1CCCCC1. The van der Waals surface area contributed by atoms with Gasteiger partial charge in [0.25, 0.3) is 5.91 Å².